The Hall–Kier alpha value is -2.65. The number of rotatable bonds is 7. The van der Waals surface area contributed by atoms with Crippen LogP contribution >= 0.6 is 0 Å². The monoisotopic (exact) mass is 553 g/mol. The maximum Gasteiger partial charge on any atom is 0.237 e. The van der Waals surface area contributed by atoms with Crippen molar-refractivity contribution in [3.8, 4) is 18.1 Å². The van der Waals surface area contributed by atoms with Gasteiger partial charge in [0.15, 0.2) is 0 Å². The number of fused-ring (bicyclic) bond motifs is 5. The molecule has 0 spiro atoms. The number of ether oxygens (including phenoxy) is 2. The van der Waals surface area contributed by atoms with E-state index in [4.69, 9.17) is 15.9 Å². The largest absolute Gasteiger partial charge is 0.492 e. The zero-order valence-corrected chi connectivity index (χ0v) is 24.3. The van der Waals surface area contributed by atoms with Gasteiger partial charge in [0.1, 0.15) is 18.0 Å². The lowest BCUT2D eigenvalue weighted by Gasteiger charge is -2.56. The predicted molar refractivity (Wildman–Crippen MR) is 159 cm³/mol. The quantitative estimate of drug-likeness (QED) is 0.365. The molecule has 1 N–H and O–H groups in total. The molecule has 4 aliphatic carbocycles. The van der Waals surface area contributed by atoms with E-state index in [2.05, 4.69) is 60.2 Å². The maximum atomic E-state index is 13.0. The fourth-order valence-corrected chi connectivity index (χ4v) is 9.15. The normalized spacial score (nSPS) is 34.7. The van der Waals surface area contributed by atoms with E-state index in [-0.39, 0.29) is 11.8 Å². The number of benzene rings is 2. The van der Waals surface area contributed by atoms with Crippen molar-refractivity contribution in [3.63, 3.8) is 0 Å². The lowest BCUT2D eigenvalue weighted by atomic mass is 9.49. The lowest BCUT2D eigenvalue weighted by Crippen LogP contribution is -2.56. The molecule has 0 amide bonds. The van der Waals surface area contributed by atoms with Gasteiger partial charge >= 0.3 is 0 Å². The smallest absolute Gasteiger partial charge is 0.237 e. The summed E-state index contributed by atoms with van der Waals surface area (Å²) in [5, 5.41) is 11.9. The zero-order valence-electron chi connectivity index (χ0n) is 24.3. The Morgan fingerprint density at radius 3 is 2.59 bits per heavy atom. The summed E-state index contributed by atoms with van der Waals surface area (Å²) in [6.45, 7) is 7.32. The fourth-order valence-electron chi connectivity index (χ4n) is 9.15. The second-order valence-electron chi connectivity index (χ2n) is 13.5. The number of hydrogen-bond acceptors (Lipinski definition) is 5. The second-order valence-corrected chi connectivity index (χ2v) is 13.5. The van der Waals surface area contributed by atoms with Gasteiger partial charge < -0.3 is 14.6 Å². The van der Waals surface area contributed by atoms with Gasteiger partial charge in [-0.2, -0.15) is 0 Å². The fraction of sp³-hybridized carbons (Fsp3) is 0.583. The molecule has 216 valence electrons. The highest BCUT2D eigenvalue weighted by molar-refractivity contribution is 6.02. The first kappa shape index (κ1) is 27.2. The van der Waals surface area contributed by atoms with Gasteiger partial charge in [0.05, 0.1) is 13.2 Å². The average molecular weight is 554 g/mol. The summed E-state index contributed by atoms with van der Waals surface area (Å²) in [7, 11) is 0. The average Bonchev–Trinajstić information content (AvgIpc) is 3.82. The van der Waals surface area contributed by atoms with Gasteiger partial charge in [-0.15, -0.1) is 6.42 Å². The molecule has 5 nitrogen and oxygen atoms in total. The Bertz CT molecular complexity index is 1340. The number of terminal acetylenes is 1. The van der Waals surface area contributed by atoms with Crippen LogP contribution in [-0.2, 0) is 16.0 Å². The van der Waals surface area contributed by atoms with Gasteiger partial charge in [0.25, 0.3) is 0 Å². The van der Waals surface area contributed by atoms with Crippen LogP contribution in [0.4, 0.5) is 0 Å². The standard InChI is InChI=1S/C36H43NO4/c1-3-33(38)36(39)15-14-32-30-12-10-27-22-28(41-21-18-37-16-19-40-20-17-37)11-13-29(27)34(30)31(23-35(32,36)2)26-8-6-25(7-9-26)24-4-5-24/h1,6-9,11,13,22,24,30-32,34,39H,4-5,10,12,14-21,23H2,2H3/t30-,31+,32-,34?,35-,36+/m0/s1. The molecule has 41 heavy (non-hydrogen) atoms. The van der Waals surface area contributed by atoms with Gasteiger partial charge in [-0.3, -0.25) is 9.69 Å². The maximum absolute atomic E-state index is 13.0. The molecule has 1 aliphatic heterocycles. The summed E-state index contributed by atoms with van der Waals surface area (Å²) in [5.74, 6) is 4.80. The number of aliphatic hydroxyl groups is 1. The lowest BCUT2D eigenvalue weighted by molar-refractivity contribution is -0.152. The number of carbonyl (C=O) groups excluding carboxylic acids is 1. The molecular weight excluding hydrogens is 510 g/mol. The molecule has 1 heterocycles. The predicted octanol–water partition coefficient (Wildman–Crippen LogP) is 5.46. The van der Waals surface area contributed by atoms with E-state index in [0.29, 0.717) is 24.9 Å². The highest BCUT2D eigenvalue weighted by Crippen LogP contribution is 2.68. The molecule has 5 aliphatic rings. The highest BCUT2D eigenvalue weighted by Gasteiger charge is 2.66. The number of nitrogens with zero attached hydrogens (tertiary/aromatic N) is 1. The summed E-state index contributed by atoms with van der Waals surface area (Å²) in [6.07, 6.45) is 12.4. The minimum atomic E-state index is -1.44. The third-order valence-electron chi connectivity index (χ3n) is 11.6. The Balaban J connectivity index is 1.20. The third kappa shape index (κ3) is 4.63. The van der Waals surface area contributed by atoms with Crippen molar-refractivity contribution in [2.75, 3.05) is 39.5 Å². The van der Waals surface area contributed by atoms with Crippen LogP contribution in [0.1, 0.15) is 85.5 Å². The van der Waals surface area contributed by atoms with Crippen molar-refractivity contribution in [3.05, 3.63) is 64.7 Å². The van der Waals surface area contributed by atoms with E-state index in [0.717, 1.165) is 70.2 Å². The molecule has 2 aromatic rings. The molecule has 6 atom stereocenters. The molecule has 1 saturated heterocycles. The van der Waals surface area contributed by atoms with Crippen LogP contribution in [0.5, 0.6) is 5.75 Å². The summed E-state index contributed by atoms with van der Waals surface area (Å²) in [4.78, 5) is 15.4. The van der Waals surface area contributed by atoms with Crippen molar-refractivity contribution in [2.24, 2.45) is 17.3 Å². The second kappa shape index (κ2) is 10.6. The van der Waals surface area contributed by atoms with Crippen LogP contribution in [0.3, 0.4) is 0 Å². The van der Waals surface area contributed by atoms with Crippen molar-refractivity contribution >= 4 is 5.78 Å². The van der Waals surface area contributed by atoms with E-state index in [1.807, 2.05) is 0 Å². The molecule has 0 radical (unpaired) electrons. The minimum absolute atomic E-state index is 0.219. The van der Waals surface area contributed by atoms with E-state index in [1.54, 1.807) is 0 Å². The van der Waals surface area contributed by atoms with Crippen molar-refractivity contribution in [2.45, 2.75) is 75.2 Å². The highest BCUT2D eigenvalue weighted by atomic mass is 16.5. The first-order valence-corrected chi connectivity index (χ1v) is 15.8. The number of hydrogen-bond donors (Lipinski definition) is 1. The first-order chi connectivity index (χ1) is 19.9. The molecule has 0 aromatic heterocycles. The van der Waals surface area contributed by atoms with Crippen LogP contribution in [0.15, 0.2) is 42.5 Å². The van der Waals surface area contributed by atoms with E-state index < -0.39 is 16.8 Å². The SMILES string of the molecule is C#CC(=O)[C@]1(O)CC[C@H]2[C@@H]3CCc4cc(OCCN5CCOCC5)ccc4C3[C@@H](c3ccc(C4CC4)cc3)C[C@@]21C. The number of aryl methyl sites for hydroxylation is 1. The van der Waals surface area contributed by atoms with Gasteiger partial charge in [-0.05, 0) is 115 Å². The van der Waals surface area contributed by atoms with Gasteiger partial charge in [-0.25, -0.2) is 0 Å². The molecule has 1 unspecified atom stereocenters. The van der Waals surface area contributed by atoms with Crippen molar-refractivity contribution < 1.29 is 19.4 Å². The summed E-state index contributed by atoms with van der Waals surface area (Å²) < 4.78 is 11.7. The van der Waals surface area contributed by atoms with Gasteiger partial charge in [0.2, 0.25) is 5.78 Å². The number of Topliss-reactive ketones (excluding diaryl/α,β-unsaturated/α-hetero) is 1. The van der Waals surface area contributed by atoms with E-state index in [9.17, 15) is 9.90 Å². The topological polar surface area (TPSA) is 59.0 Å². The third-order valence-corrected chi connectivity index (χ3v) is 11.6. The number of carbonyl (C=O) groups is 1. The Morgan fingerprint density at radius 1 is 1.10 bits per heavy atom. The molecule has 5 heteroatoms. The Kier molecular flexibility index (Phi) is 7.01. The molecule has 3 saturated carbocycles. The van der Waals surface area contributed by atoms with E-state index >= 15 is 0 Å². The van der Waals surface area contributed by atoms with Crippen LogP contribution in [0.25, 0.3) is 0 Å². The molecule has 7 rings (SSSR count). The van der Waals surface area contributed by atoms with Crippen LogP contribution in [0, 0.1) is 29.6 Å². The van der Waals surface area contributed by atoms with Crippen LogP contribution in [-0.4, -0.2) is 60.8 Å². The number of ketones is 1. The molecule has 0 bridgehead atoms. The van der Waals surface area contributed by atoms with Crippen LogP contribution in [0.2, 0.25) is 0 Å². The minimum Gasteiger partial charge on any atom is -0.492 e. The van der Waals surface area contributed by atoms with Gasteiger partial charge in [-0.1, -0.05) is 37.3 Å². The first-order valence-electron chi connectivity index (χ1n) is 15.8. The van der Waals surface area contributed by atoms with Crippen LogP contribution < -0.4 is 4.74 Å². The molecule has 4 fully saturated rings. The van der Waals surface area contributed by atoms with Crippen molar-refractivity contribution in [1.29, 1.82) is 0 Å². The Morgan fingerprint density at radius 2 is 1.85 bits per heavy atom. The summed E-state index contributed by atoms with van der Waals surface area (Å²) in [6, 6.07) is 16.0. The van der Waals surface area contributed by atoms with E-state index in [1.165, 1.54) is 35.1 Å². The van der Waals surface area contributed by atoms with Gasteiger partial charge in [0, 0.05) is 25.0 Å². The zero-order chi connectivity index (χ0) is 28.2. The summed E-state index contributed by atoms with van der Waals surface area (Å²) in [5.41, 5.74) is 3.61. The summed E-state index contributed by atoms with van der Waals surface area (Å²) >= 11 is 0. The Labute approximate surface area is 244 Å². The molecular formula is C36H43NO4. The molecule has 2 aromatic carbocycles. The number of morpholine rings is 1. The van der Waals surface area contributed by atoms with Crippen molar-refractivity contribution in [1.82, 2.24) is 4.90 Å².